The van der Waals surface area contributed by atoms with E-state index in [-0.39, 0.29) is 30.0 Å². The van der Waals surface area contributed by atoms with Crippen LogP contribution in [0.25, 0.3) is 10.9 Å². The first-order chi connectivity index (χ1) is 13.0. The molecule has 144 valence electrons. The Balaban J connectivity index is 1.71. The Morgan fingerprint density at radius 1 is 1.33 bits per heavy atom. The molecule has 2 heterocycles. The van der Waals surface area contributed by atoms with Crippen LogP contribution in [0.1, 0.15) is 26.1 Å². The van der Waals surface area contributed by atoms with Gasteiger partial charge in [-0.1, -0.05) is 19.1 Å². The van der Waals surface area contributed by atoms with Gasteiger partial charge in [-0.05, 0) is 25.5 Å². The lowest BCUT2D eigenvalue weighted by Gasteiger charge is -2.15. The van der Waals surface area contributed by atoms with Gasteiger partial charge in [0.2, 0.25) is 5.91 Å². The van der Waals surface area contributed by atoms with E-state index in [1.807, 2.05) is 13.0 Å². The van der Waals surface area contributed by atoms with Crippen molar-refractivity contribution in [3.8, 4) is 0 Å². The fourth-order valence-corrected chi connectivity index (χ4v) is 3.33. The molecule has 1 saturated heterocycles. The predicted octanol–water partition coefficient (Wildman–Crippen LogP) is 0.369. The van der Waals surface area contributed by atoms with Gasteiger partial charge in [-0.25, -0.2) is 4.98 Å². The number of benzene rings is 1. The summed E-state index contributed by atoms with van der Waals surface area (Å²) >= 11 is 0. The number of nitrogens with one attached hydrogen (secondary N) is 2. The summed E-state index contributed by atoms with van der Waals surface area (Å²) in [6.07, 6.45) is 1.01. The van der Waals surface area contributed by atoms with Crippen LogP contribution >= 0.6 is 0 Å². The third-order valence-corrected chi connectivity index (χ3v) is 4.63. The van der Waals surface area contributed by atoms with Gasteiger partial charge in [-0.15, -0.1) is 0 Å². The molecule has 0 saturated carbocycles. The Kier molecular flexibility index (Phi) is 5.85. The number of esters is 1. The lowest BCUT2D eigenvalue weighted by molar-refractivity contribution is -0.145. The third kappa shape index (κ3) is 4.16. The molecule has 2 aromatic rings. The van der Waals surface area contributed by atoms with E-state index in [1.165, 1.54) is 4.57 Å². The summed E-state index contributed by atoms with van der Waals surface area (Å²) in [7, 11) is 0. The van der Waals surface area contributed by atoms with Crippen LogP contribution in [0, 0.1) is 0 Å². The average Bonchev–Trinajstić information content (AvgIpc) is 3.12. The third-order valence-electron chi connectivity index (χ3n) is 4.63. The van der Waals surface area contributed by atoms with E-state index >= 15 is 0 Å². The van der Waals surface area contributed by atoms with Crippen LogP contribution in [0.2, 0.25) is 0 Å². The number of hydrogen-bond donors (Lipinski definition) is 2. The summed E-state index contributed by atoms with van der Waals surface area (Å²) in [6, 6.07) is 6.52. The van der Waals surface area contributed by atoms with Gasteiger partial charge in [-0.2, -0.15) is 0 Å². The van der Waals surface area contributed by atoms with Crippen molar-refractivity contribution in [2.45, 2.75) is 45.3 Å². The van der Waals surface area contributed by atoms with Crippen LogP contribution < -0.4 is 16.2 Å². The Hall–Kier alpha value is -2.74. The minimum Gasteiger partial charge on any atom is -0.465 e. The molecule has 8 heteroatoms. The molecule has 2 atom stereocenters. The number of para-hydroxylation sites is 1. The van der Waals surface area contributed by atoms with Crippen molar-refractivity contribution < 1.29 is 14.3 Å². The number of fused-ring (bicyclic) bond motifs is 1. The highest BCUT2D eigenvalue weighted by atomic mass is 16.5. The van der Waals surface area contributed by atoms with E-state index in [4.69, 9.17) is 4.74 Å². The van der Waals surface area contributed by atoms with Gasteiger partial charge in [-0.3, -0.25) is 19.0 Å². The number of amides is 1. The molecule has 0 aliphatic carbocycles. The van der Waals surface area contributed by atoms with E-state index in [0.717, 1.165) is 0 Å². The van der Waals surface area contributed by atoms with E-state index in [1.54, 1.807) is 25.1 Å². The zero-order valence-corrected chi connectivity index (χ0v) is 15.5. The summed E-state index contributed by atoms with van der Waals surface area (Å²) in [6.45, 7) is 4.37. The number of aryl methyl sites for hydroxylation is 1. The molecule has 1 aliphatic heterocycles. The van der Waals surface area contributed by atoms with Crippen LogP contribution in [0.4, 0.5) is 0 Å². The van der Waals surface area contributed by atoms with Crippen molar-refractivity contribution in [2.75, 3.05) is 13.2 Å². The molecular weight excluding hydrogens is 348 g/mol. The van der Waals surface area contributed by atoms with Crippen molar-refractivity contribution in [1.29, 1.82) is 0 Å². The molecule has 1 aliphatic rings. The van der Waals surface area contributed by atoms with Gasteiger partial charge in [0.25, 0.3) is 5.56 Å². The average molecular weight is 372 g/mol. The summed E-state index contributed by atoms with van der Waals surface area (Å²) < 4.78 is 6.41. The van der Waals surface area contributed by atoms with E-state index in [2.05, 4.69) is 15.6 Å². The van der Waals surface area contributed by atoms with Crippen molar-refractivity contribution in [1.82, 2.24) is 20.2 Å². The van der Waals surface area contributed by atoms with E-state index in [0.29, 0.717) is 42.7 Å². The minimum absolute atomic E-state index is 0.0968. The molecule has 2 N–H and O–H groups in total. The van der Waals surface area contributed by atoms with Gasteiger partial charge in [0.15, 0.2) is 0 Å². The first kappa shape index (κ1) is 19.0. The summed E-state index contributed by atoms with van der Waals surface area (Å²) in [5.74, 6) is -0.0135. The number of nitrogens with zero attached hydrogens (tertiary/aromatic N) is 2. The SMILES string of the molecule is CCOC(=O)[C@@H]1C[C@H](NC(=O)Cn2c(CC)nc3ccccc3c2=O)CN1. The van der Waals surface area contributed by atoms with Gasteiger partial charge >= 0.3 is 5.97 Å². The largest absolute Gasteiger partial charge is 0.465 e. The molecule has 1 aromatic heterocycles. The lowest BCUT2D eigenvalue weighted by Crippen LogP contribution is -2.40. The number of carbonyl (C=O) groups is 2. The number of aromatic nitrogens is 2. The molecule has 8 nitrogen and oxygen atoms in total. The second-order valence-corrected chi connectivity index (χ2v) is 6.50. The fraction of sp³-hybridized carbons (Fsp3) is 0.474. The summed E-state index contributed by atoms with van der Waals surface area (Å²) in [5, 5.41) is 6.43. The van der Waals surface area contributed by atoms with E-state index in [9.17, 15) is 14.4 Å². The highest BCUT2D eigenvalue weighted by Crippen LogP contribution is 2.10. The topological polar surface area (TPSA) is 102 Å². The van der Waals surface area contributed by atoms with Gasteiger partial charge in [0, 0.05) is 19.0 Å². The standard InChI is InChI=1S/C19H24N4O4/c1-3-16-22-14-8-6-5-7-13(14)18(25)23(16)11-17(24)21-12-9-15(20-10-12)19(26)27-4-2/h5-8,12,15,20H,3-4,9-11H2,1-2H3,(H,21,24)/t12-,15-/m0/s1. The predicted molar refractivity (Wildman–Crippen MR) is 100 cm³/mol. The summed E-state index contributed by atoms with van der Waals surface area (Å²) in [4.78, 5) is 41.5. The first-order valence-electron chi connectivity index (χ1n) is 9.21. The summed E-state index contributed by atoms with van der Waals surface area (Å²) in [5.41, 5.74) is 0.412. The van der Waals surface area contributed by atoms with Crippen molar-refractivity contribution in [3.63, 3.8) is 0 Å². The molecule has 1 fully saturated rings. The Morgan fingerprint density at radius 3 is 2.85 bits per heavy atom. The first-order valence-corrected chi connectivity index (χ1v) is 9.21. The number of hydrogen-bond acceptors (Lipinski definition) is 6. The molecule has 3 rings (SSSR count). The molecule has 0 spiro atoms. The highest BCUT2D eigenvalue weighted by Gasteiger charge is 2.31. The zero-order valence-electron chi connectivity index (χ0n) is 15.5. The lowest BCUT2D eigenvalue weighted by atomic mass is 10.1. The Bertz CT molecular complexity index is 908. The van der Waals surface area contributed by atoms with Gasteiger partial charge in [0.1, 0.15) is 18.4 Å². The number of ether oxygens (including phenoxy) is 1. The molecule has 0 unspecified atom stereocenters. The molecule has 0 radical (unpaired) electrons. The molecule has 0 bridgehead atoms. The van der Waals surface area contributed by atoms with Crippen LogP contribution in [0.15, 0.2) is 29.1 Å². The maximum atomic E-state index is 12.8. The monoisotopic (exact) mass is 372 g/mol. The number of rotatable bonds is 6. The maximum Gasteiger partial charge on any atom is 0.323 e. The second kappa shape index (κ2) is 8.30. The van der Waals surface area contributed by atoms with Crippen LogP contribution in [-0.4, -0.2) is 46.7 Å². The normalized spacial score (nSPS) is 19.2. The molecule has 27 heavy (non-hydrogen) atoms. The van der Waals surface area contributed by atoms with Crippen LogP contribution in [-0.2, 0) is 27.3 Å². The smallest absolute Gasteiger partial charge is 0.323 e. The maximum absolute atomic E-state index is 12.8. The van der Waals surface area contributed by atoms with Crippen LogP contribution in [0.5, 0.6) is 0 Å². The quantitative estimate of drug-likeness (QED) is 0.711. The van der Waals surface area contributed by atoms with Crippen molar-refractivity contribution >= 4 is 22.8 Å². The van der Waals surface area contributed by atoms with E-state index < -0.39 is 6.04 Å². The van der Waals surface area contributed by atoms with Gasteiger partial charge in [0.05, 0.1) is 17.5 Å². The second-order valence-electron chi connectivity index (χ2n) is 6.50. The zero-order chi connectivity index (χ0) is 19.4. The Labute approximate surface area is 156 Å². The number of carbonyl (C=O) groups excluding carboxylic acids is 2. The Morgan fingerprint density at radius 2 is 2.11 bits per heavy atom. The molecule has 1 aromatic carbocycles. The fourth-order valence-electron chi connectivity index (χ4n) is 3.33. The van der Waals surface area contributed by atoms with Crippen molar-refractivity contribution in [3.05, 3.63) is 40.4 Å². The molecule has 1 amide bonds. The highest BCUT2D eigenvalue weighted by molar-refractivity contribution is 5.80. The van der Waals surface area contributed by atoms with Crippen molar-refractivity contribution in [2.24, 2.45) is 0 Å². The molecular formula is C19H24N4O4. The van der Waals surface area contributed by atoms with Crippen LogP contribution in [0.3, 0.4) is 0 Å². The van der Waals surface area contributed by atoms with Gasteiger partial charge < -0.3 is 15.4 Å². The minimum atomic E-state index is -0.411.